The molecule has 1 fully saturated rings. The van der Waals surface area contributed by atoms with Gasteiger partial charge < -0.3 is 25.0 Å². The first-order valence-electron chi connectivity index (χ1n) is 9.56. The molecule has 2 N–H and O–H groups in total. The number of amides is 2. The summed E-state index contributed by atoms with van der Waals surface area (Å²) in [5, 5.41) is 11.3. The first kappa shape index (κ1) is 18.8. The predicted molar refractivity (Wildman–Crippen MR) is 108 cm³/mol. The highest BCUT2D eigenvalue weighted by atomic mass is 16.5. The van der Waals surface area contributed by atoms with Crippen molar-refractivity contribution in [2.45, 2.75) is 6.42 Å². The van der Waals surface area contributed by atoms with Crippen LogP contribution in [0.4, 0.5) is 10.5 Å². The molecule has 0 atom stereocenters. The van der Waals surface area contributed by atoms with Crippen LogP contribution in [-0.2, 0) is 4.79 Å². The molecule has 0 saturated carbocycles. The summed E-state index contributed by atoms with van der Waals surface area (Å²) in [4.78, 5) is 31.6. The van der Waals surface area contributed by atoms with Gasteiger partial charge in [-0.15, -0.1) is 0 Å². The third-order valence-corrected chi connectivity index (χ3v) is 4.92. The summed E-state index contributed by atoms with van der Waals surface area (Å²) < 4.78 is 6.08. The van der Waals surface area contributed by atoms with Crippen molar-refractivity contribution in [1.82, 2.24) is 15.1 Å². The molecule has 4 rings (SSSR count). The third-order valence-electron chi connectivity index (χ3n) is 4.92. The number of nitrogens with one attached hydrogen (secondary N) is 1. The summed E-state index contributed by atoms with van der Waals surface area (Å²) in [6.07, 6.45) is -0.0846. The topological polar surface area (TPSA) is 94.5 Å². The van der Waals surface area contributed by atoms with Crippen LogP contribution < -0.4 is 10.1 Å². The molecule has 8 nitrogen and oxygen atoms in total. The molecule has 2 aromatic carbocycles. The molecule has 2 aliphatic heterocycles. The molecular weight excluding hydrogens is 372 g/mol. The van der Waals surface area contributed by atoms with E-state index < -0.39 is 5.97 Å². The zero-order chi connectivity index (χ0) is 20.2. The van der Waals surface area contributed by atoms with Gasteiger partial charge in [0, 0.05) is 32.7 Å². The molecule has 2 amide bonds. The molecule has 0 spiro atoms. The SMILES string of the molecule is O=C(O)CCNC(=O)N1CCN(C2=Nc3ccccc3Oc3ccccc32)CC1. The maximum absolute atomic E-state index is 12.2. The number of amidine groups is 1. The molecule has 0 aromatic heterocycles. The molecule has 0 unspecified atom stereocenters. The number of aliphatic carboxylic acids is 1. The number of ether oxygens (including phenoxy) is 1. The number of fused-ring (bicyclic) bond motifs is 2. The van der Waals surface area contributed by atoms with E-state index in [2.05, 4.69) is 10.2 Å². The summed E-state index contributed by atoms with van der Waals surface area (Å²) in [7, 11) is 0. The van der Waals surface area contributed by atoms with Crippen LogP contribution in [0, 0.1) is 0 Å². The number of aliphatic imine (C=N–C) groups is 1. The van der Waals surface area contributed by atoms with Crippen LogP contribution in [-0.4, -0.2) is 65.5 Å². The van der Waals surface area contributed by atoms with E-state index in [1.807, 2.05) is 48.5 Å². The van der Waals surface area contributed by atoms with Crippen LogP contribution in [0.1, 0.15) is 12.0 Å². The first-order chi connectivity index (χ1) is 14.1. The number of hydrogen-bond acceptors (Lipinski definition) is 5. The Balaban J connectivity index is 1.50. The number of carbonyl (C=O) groups is 2. The van der Waals surface area contributed by atoms with Gasteiger partial charge in [0.2, 0.25) is 0 Å². The number of benzene rings is 2. The molecule has 2 aromatic rings. The Kier molecular flexibility index (Phi) is 5.33. The molecule has 150 valence electrons. The maximum atomic E-state index is 12.2. The van der Waals surface area contributed by atoms with E-state index in [0.29, 0.717) is 31.9 Å². The van der Waals surface area contributed by atoms with Gasteiger partial charge in [-0.2, -0.15) is 0 Å². The van der Waals surface area contributed by atoms with E-state index in [4.69, 9.17) is 14.8 Å². The highest BCUT2D eigenvalue weighted by molar-refractivity contribution is 6.03. The van der Waals surface area contributed by atoms with Crippen molar-refractivity contribution < 1.29 is 19.4 Å². The number of nitrogens with zero attached hydrogens (tertiary/aromatic N) is 3. The molecule has 2 aliphatic rings. The average Bonchev–Trinajstić information content (AvgIpc) is 2.90. The normalized spacial score (nSPS) is 15.4. The zero-order valence-corrected chi connectivity index (χ0v) is 15.9. The number of rotatable bonds is 3. The number of carboxylic acid groups (broad SMARTS) is 1. The van der Waals surface area contributed by atoms with Gasteiger partial charge in [0.05, 0.1) is 12.0 Å². The molecule has 1 saturated heterocycles. The summed E-state index contributed by atoms with van der Waals surface area (Å²) in [6, 6.07) is 15.3. The van der Waals surface area contributed by atoms with E-state index in [0.717, 1.165) is 22.8 Å². The number of urea groups is 1. The number of hydrogen-bond donors (Lipinski definition) is 2. The van der Waals surface area contributed by atoms with Gasteiger partial charge >= 0.3 is 12.0 Å². The van der Waals surface area contributed by atoms with Crippen molar-refractivity contribution in [2.24, 2.45) is 4.99 Å². The van der Waals surface area contributed by atoms with Crippen molar-refractivity contribution in [3.8, 4) is 11.5 Å². The van der Waals surface area contributed by atoms with Crippen LogP contribution in [0.25, 0.3) is 0 Å². The van der Waals surface area contributed by atoms with Gasteiger partial charge in [0.15, 0.2) is 5.75 Å². The van der Waals surface area contributed by atoms with Gasteiger partial charge in [0.25, 0.3) is 0 Å². The van der Waals surface area contributed by atoms with E-state index in [-0.39, 0.29) is 19.0 Å². The van der Waals surface area contributed by atoms with Gasteiger partial charge in [-0.1, -0.05) is 24.3 Å². The third kappa shape index (κ3) is 4.16. The lowest BCUT2D eigenvalue weighted by molar-refractivity contribution is -0.136. The first-order valence-corrected chi connectivity index (χ1v) is 9.56. The van der Waals surface area contributed by atoms with Crippen molar-refractivity contribution in [3.05, 3.63) is 54.1 Å². The average molecular weight is 394 g/mol. The van der Waals surface area contributed by atoms with E-state index in [1.165, 1.54) is 0 Å². The van der Waals surface area contributed by atoms with E-state index in [9.17, 15) is 9.59 Å². The standard InChI is InChI=1S/C21H22N4O4/c26-19(27)9-10-22-21(28)25-13-11-24(12-14-25)20-15-5-1-3-7-17(15)29-18-8-4-2-6-16(18)23-20/h1-8H,9-14H2,(H,22,28)(H,26,27). The fourth-order valence-electron chi connectivity index (χ4n) is 3.42. The summed E-state index contributed by atoms with van der Waals surface area (Å²) in [5.74, 6) is 1.37. The number of para-hydroxylation sites is 3. The zero-order valence-electron chi connectivity index (χ0n) is 15.9. The molecule has 8 heteroatoms. The quantitative estimate of drug-likeness (QED) is 0.835. The van der Waals surface area contributed by atoms with Crippen molar-refractivity contribution in [3.63, 3.8) is 0 Å². The molecule has 0 radical (unpaired) electrons. The van der Waals surface area contributed by atoms with Crippen LogP contribution in [0.2, 0.25) is 0 Å². The predicted octanol–water partition coefficient (Wildman–Crippen LogP) is 2.67. The second-order valence-electron chi connectivity index (χ2n) is 6.85. The number of piperazine rings is 1. The number of carboxylic acids is 1. The van der Waals surface area contributed by atoms with Crippen molar-refractivity contribution in [2.75, 3.05) is 32.7 Å². The minimum absolute atomic E-state index is 0.0846. The Hall–Kier alpha value is -3.55. The van der Waals surface area contributed by atoms with E-state index in [1.54, 1.807) is 4.90 Å². The lowest BCUT2D eigenvalue weighted by atomic mass is 10.1. The summed E-state index contributed by atoms with van der Waals surface area (Å²) in [6.45, 7) is 2.44. The number of carbonyl (C=O) groups excluding carboxylic acids is 1. The Bertz CT molecular complexity index is 951. The fraction of sp³-hybridized carbons (Fsp3) is 0.286. The Morgan fingerprint density at radius 2 is 1.69 bits per heavy atom. The Morgan fingerprint density at radius 3 is 2.45 bits per heavy atom. The van der Waals surface area contributed by atoms with Crippen LogP contribution in [0.15, 0.2) is 53.5 Å². The maximum Gasteiger partial charge on any atom is 0.317 e. The molecule has 29 heavy (non-hydrogen) atoms. The second kappa shape index (κ2) is 8.22. The smallest absolute Gasteiger partial charge is 0.317 e. The van der Waals surface area contributed by atoms with Crippen LogP contribution in [0.5, 0.6) is 11.5 Å². The van der Waals surface area contributed by atoms with Gasteiger partial charge in [-0.3, -0.25) is 4.79 Å². The van der Waals surface area contributed by atoms with Crippen LogP contribution >= 0.6 is 0 Å². The van der Waals surface area contributed by atoms with Crippen molar-refractivity contribution >= 4 is 23.5 Å². The van der Waals surface area contributed by atoms with Gasteiger partial charge in [-0.05, 0) is 24.3 Å². The molecule has 0 bridgehead atoms. The summed E-state index contributed by atoms with van der Waals surface area (Å²) in [5.41, 5.74) is 1.69. The lowest BCUT2D eigenvalue weighted by Gasteiger charge is -2.36. The fourth-order valence-corrected chi connectivity index (χ4v) is 3.42. The molecule has 0 aliphatic carbocycles. The van der Waals surface area contributed by atoms with Gasteiger partial charge in [0.1, 0.15) is 17.3 Å². The second-order valence-corrected chi connectivity index (χ2v) is 6.85. The molecule has 2 heterocycles. The summed E-state index contributed by atoms with van der Waals surface area (Å²) >= 11 is 0. The van der Waals surface area contributed by atoms with E-state index >= 15 is 0 Å². The van der Waals surface area contributed by atoms with Crippen molar-refractivity contribution in [1.29, 1.82) is 0 Å². The Labute approximate surface area is 168 Å². The molecular formula is C21H22N4O4. The lowest BCUT2D eigenvalue weighted by Crippen LogP contribution is -2.53. The monoisotopic (exact) mass is 394 g/mol. The largest absolute Gasteiger partial charge is 0.481 e. The highest BCUT2D eigenvalue weighted by Gasteiger charge is 2.27. The van der Waals surface area contributed by atoms with Gasteiger partial charge in [-0.25, -0.2) is 9.79 Å². The highest BCUT2D eigenvalue weighted by Crippen LogP contribution is 2.37. The van der Waals surface area contributed by atoms with Crippen LogP contribution in [0.3, 0.4) is 0 Å². The Morgan fingerprint density at radius 1 is 1.00 bits per heavy atom. The minimum atomic E-state index is -0.928. The minimum Gasteiger partial charge on any atom is -0.481 e.